The van der Waals surface area contributed by atoms with Crippen LogP contribution in [-0.4, -0.2) is 22.7 Å². The smallest absolute Gasteiger partial charge is 0.347 e. The van der Waals surface area contributed by atoms with Crippen molar-refractivity contribution in [2.24, 2.45) is 0 Å². The summed E-state index contributed by atoms with van der Waals surface area (Å²) in [6, 6.07) is 7.19. The van der Waals surface area contributed by atoms with Gasteiger partial charge in [0, 0.05) is 11.4 Å². The molecule has 0 aliphatic heterocycles. The van der Waals surface area contributed by atoms with Gasteiger partial charge in [-0.3, -0.25) is 0 Å². The summed E-state index contributed by atoms with van der Waals surface area (Å²) in [4.78, 5) is 15.5. The van der Waals surface area contributed by atoms with Crippen molar-refractivity contribution in [2.75, 3.05) is 6.61 Å². The van der Waals surface area contributed by atoms with Gasteiger partial charge in [-0.05, 0) is 37.6 Å². The second-order valence-corrected chi connectivity index (χ2v) is 5.75. The quantitative estimate of drug-likeness (QED) is 0.824. The van der Waals surface area contributed by atoms with Gasteiger partial charge in [0.2, 0.25) is 0 Å². The number of halogens is 1. The molecule has 4 nitrogen and oxygen atoms in total. The molecule has 6 heteroatoms. The van der Waals surface area contributed by atoms with Gasteiger partial charge in [-0.15, -0.1) is 11.3 Å². The summed E-state index contributed by atoms with van der Waals surface area (Å²) in [5.74, 6) is -0.139. The lowest BCUT2D eigenvalue weighted by Crippen LogP contribution is -1.99. The fourth-order valence-corrected chi connectivity index (χ4v) is 2.77. The van der Waals surface area contributed by atoms with Crippen molar-refractivity contribution in [3.63, 3.8) is 0 Å². The monoisotopic (exact) mass is 311 g/mol. The maximum absolute atomic E-state index is 10.9. The standard InChI is InChI=1S/C14H14ClNO3S/c1-9-13(14(17)18)20-12(16-9)3-2-8-19-11-6-4-10(15)5-7-11/h4-7H,2-3,8H2,1H3,(H,17,18). The third kappa shape index (κ3) is 3.95. The van der Waals surface area contributed by atoms with Crippen molar-refractivity contribution in [3.05, 3.63) is 44.9 Å². The van der Waals surface area contributed by atoms with Crippen LogP contribution in [-0.2, 0) is 6.42 Å². The van der Waals surface area contributed by atoms with Crippen molar-refractivity contribution in [1.82, 2.24) is 4.98 Å². The van der Waals surface area contributed by atoms with Crippen LogP contribution in [0.25, 0.3) is 0 Å². The van der Waals surface area contributed by atoms with E-state index in [1.54, 1.807) is 19.1 Å². The molecule has 0 atom stereocenters. The molecule has 0 spiro atoms. The zero-order valence-corrected chi connectivity index (χ0v) is 12.5. The highest BCUT2D eigenvalue weighted by molar-refractivity contribution is 7.13. The van der Waals surface area contributed by atoms with Gasteiger partial charge in [-0.25, -0.2) is 9.78 Å². The van der Waals surface area contributed by atoms with Gasteiger partial charge in [0.1, 0.15) is 10.6 Å². The lowest BCUT2D eigenvalue weighted by molar-refractivity contribution is 0.0701. The molecule has 0 fully saturated rings. The van der Waals surface area contributed by atoms with Gasteiger partial charge < -0.3 is 9.84 Å². The third-order valence-corrected chi connectivity index (χ3v) is 4.11. The van der Waals surface area contributed by atoms with Crippen LogP contribution in [0.15, 0.2) is 24.3 Å². The van der Waals surface area contributed by atoms with E-state index in [4.69, 9.17) is 21.4 Å². The number of carboxylic acids is 1. The van der Waals surface area contributed by atoms with Crippen molar-refractivity contribution in [2.45, 2.75) is 19.8 Å². The highest BCUT2D eigenvalue weighted by Crippen LogP contribution is 2.20. The summed E-state index contributed by atoms with van der Waals surface area (Å²) in [5.41, 5.74) is 0.580. The topological polar surface area (TPSA) is 59.4 Å². The van der Waals surface area contributed by atoms with Crippen molar-refractivity contribution in [3.8, 4) is 5.75 Å². The third-order valence-electron chi connectivity index (χ3n) is 2.65. The molecule has 0 radical (unpaired) electrons. The van der Waals surface area contributed by atoms with Crippen LogP contribution >= 0.6 is 22.9 Å². The Hall–Kier alpha value is -1.59. The molecule has 20 heavy (non-hydrogen) atoms. The molecule has 0 amide bonds. The van der Waals surface area contributed by atoms with E-state index < -0.39 is 5.97 Å². The van der Waals surface area contributed by atoms with Gasteiger partial charge in [-0.2, -0.15) is 0 Å². The van der Waals surface area contributed by atoms with E-state index in [1.165, 1.54) is 11.3 Å². The lowest BCUT2D eigenvalue weighted by Gasteiger charge is -2.04. The average molecular weight is 312 g/mol. The molecule has 1 N–H and O–H groups in total. The predicted octanol–water partition coefficient (Wildman–Crippen LogP) is 3.81. The van der Waals surface area contributed by atoms with Crippen LogP contribution < -0.4 is 4.74 Å². The number of hydrogen-bond acceptors (Lipinski definition) is 4. The first-order chi connectivity index (χ1) is 9.56. The summed E-state index contributed by atoms with van der Waals surface area (Å²) in [5, 5.41) is 10.5. The van der Waals surface area contributed by atoms with E-state index in [1.807, 2.05) is 12.1 Å². The van der Waals surface area contributed by atoms with Crippen LogP contribution in [0.5, 0.6) is 5.75 Å². The van der Waals surface area contributed by atoms with Gasteiger partial charge in [0.15, 0.2) is 0 Å². The summed E-state index contributed by atoms with van der Waals surface area (Å²) in [7, 11) is 0. The summed E-state index contributed by atoms with van der Waals surface area (Å²) in [6.07, 6.45) is 1.50. The van der Waals surface area contributed by atoms with Gasteiger partial charge in [0.25, 0.3) is 0 Å². The number of aromatic carboxylic acids is 1. The largest absolute Gasteiger partial charge is 0.494 e. The Kier molecular flexibility index (Phi) is 4.98. The van der Waals surface area contributed by atoms with E-state index >= 15 is 0 Å². The number of aryl methyl sites for hydroxylation is 2. The van der Waals surface area contributed by atoms with Crippen LogP contribution in [0, 0.1) is 6.92 Å². The Labute approximate surface area is 126 Å². The van der Waals surface area contributed by atoms with Crippen LogP contribution in [0.4, 0.5) is 0 Å². The molecule has 1 heterocycles. The number of aromatic nitrogens is 1. The minimum atomic E-state index is -0.913. The van der Waals surface area contributed by atoms with Crippen LogP contribution in [0.3, 0.4) is 0 Å². The molecule has 2 aromatic rings. The zero-order valence-electron chi connectivity index (χ0n) is 10.9. The lowest BCUT2D eigenvalue weighted by atomic mass is 10.3. The second kappa shape index (κ2) is 6.72. The highest BCUT2D eigenvalue weighted by atomic mass is 35.5. The Morgan fingerprint density at radius 2 is 2.10 bits per heavy atom. The molecule has 1 aromatic heterocycles. The molecule has 0 saturated heterocycles. The number of benzene rings is 1. The first-order valence-electron chi connectivity index (χ1n) is 6.14. The van der Waals surface area contributed by atoms with E-state index in [2.05, 4.69) is 4.98 Å². The minimum Gasteiger partial charge on any atom is -0.494 e. The first kappa shape index (κ1) is 14.8. The Morgan fingerprint density at radius 3 is 2.70 bits per heavy atom. The van der Waals surface area contributed by atoms with Crippen molar-refractivity contribution >= 4 is 28.9 Å². The number of carboxylic acid groups (broad SMARTS) is 1. The minimum absolute atomic E-state index is 0.318. The van der Waals surface area contributed by atoms with E-state index in [9.17, 15) is 4.79 Å². The molecule has 106 valence electrons. The molecular weight excluding hydrogens is 298 g/mol. The average Bonchev–Trinajstić information content (AvgIpc) is 2.78. The molecular formula is C14H14ClNO3S. The number of nitrogens with zero attached hydrogens (tertiary/aromatic N) is 1. The fraction of sp³-hybridized carbons (Fsp3) is 0.286. The Morgan fingerprint density at radius 1 is 1.40 bits per heavy atom. The van der Waals surface area contributed by atoms with E-state index in [0.717, 1.165) is 17.2 Å². The number of carbonyl (C=O) groups is 1. The SMILES string of the molecule is Cc1nc(CCCOc2ccc(Cl)cc2)sc1C(=O)O. The fourth-order valence-electron chi connectivity index (χ4n) is 1.70. The summed E-state index contributed by atoms with van der Waals surface area (Å²) in [6.45, 7) is 2.27. The van der Waals surface area contributed by atoms with Gasteiger partial charge in [0.05, 0.1) is 17.3 Å². The zero-order chi connectivity index (χ0) is 14.5. The number of thiazole rings is 1. The molecule has 2 rings (SSSR count). The molecule has 0 bridgehead atoms. The summed E-state index contributed by atoms with van der Waals surface area (Å²) >= 11 is 7.02. The van der Waals surface area contributed by atoms with Crippen molar-refractivity contribution < 1.29 is 14.6 Å². The van der Waals surface area contributed by atoms with Gasteiger partial charge in [-0.1, -0.05) is 11.6 Å². The molecule has 0 aliphatic rings. The summed E-state index contributed by atoms with van der Waals surface area (Å²) < 4.78 is 5.57. The molecule has 0 unspecified atom stereocenters. The van der Waals surface area contributed by atoms with Crippen LogP contribution in [0.2, 0.25) is 5.02 Å². The first-order valence-corrected chi connectivity index (χ1v) is 7.33. The van der Waals surface area contributed by atoms with Crippen LogP contribution in [0.1, 0.15) is 26.8 Å². The maximum Gasteiger partial charge on any atom is 0.347 e. The predicted molar refractivity (Wildman–Crippen MR) is 79.1 cm³/mol. The number of rotatable bonds is 6. The molecule has 0 saturated carbocycles. The van der Waals surface area contributed by atoms with Crippen molar-refractivity contribution in [1.29, 1.82) is 0 Å². The maximum atomic E-state index is 10.9. The molecule has 0 aliphatic carbocycles. The normalized spacial score (nSPS) is 10.5. The number of ether oxygens (including phenoxy) is 1. The Balaban J connectivity index is 1.80. The van der Waals surface area contributed by atoms with E-state index in [-0.39, 0.29) is 0 Å². The highest BCUT2D eigenvalue weighted by Gasteiger charge is 2.13. The van der Waals surface area contributed by atoms with Gasteiger partial charge >= 0.3 is 5.97 Å². The second-order valence-electron chi connectivity index (χ2n) is 4.23. The van der Waals surface area contributed by atoms with E-state index in [0.29, 0.717) is 28.6 Å². The Bertz CT molecular complexity index is 595. The number of hydrogen-bond donors (Lipinski definition) is 1. The molecule has 1 aromatic carbocycles.